The molecule has 0 aromatic rings. The molecule has 0 spiro atoms. The third kappa shape index (κ3) is 74.8. The Bertz CT molecular complexity index is 2210. The molecule has 3 N–H and O–H groups in total. The van der Waals surface area contributed by atoms with E-state index < -0.39 is 97.5 Å². The molecule has 0 bridgehead atoms. The Labute approximate surface area is 622 Å². The summed E-state index contributed by atoms with van der Waals surface area (Å²) in [5.74, 6) is -2.19. The summed E-state index contributed by atoms with van der Waals surface area (Å²) < 4.78 is 68.7. The zero-order chi connectivity index (χ0) is 74.6. The Morgan fingerprint density at radius 3 is 0.814 bits per heavy atom. The van der Waals surface area contributed by atoms with E-state index in [9.17, 15) is 43.2 Å². The Kier molecular flexibility index (Phi) is 73.1. The predicted molar refractivity (Wildman–Crippen MR) is 418 cm³/mol. The van der Waals surface area contributed by atoms with Gasteiger partial charge in [0.05, 0.1) is 26.4 Å². The van der Waals surface area contributed by atoms with E-state index in [1.807, 2.05) is 0 Å². The largest absolute Gasteiger partial charge is 0.472 e. The summed E-state index contributed by atoms with van der Waals surface area (Å²) in [6.07, 6.45) is 77.3. The number of unbranched alkanes of at least 4 members (excludes halogenated alkanes) is 40. The molecule has 0 aliphatic heterocycles. The maximum absolute atomic E-state index is 13.1. The lowest BCUT2D eigenvalue weighted by Crippen LogP contribution is -2.30. The van der Waals surface area contributed by atoms with Crippen molar-refractivity contribution in [3.05, 3.63) is 72.9 Å². The van der Waals surface area contributed by atoms with E-state index in [0.717, 1.165) is 128 Å². The second-order valence-electron chi connectivity index (χ2n) is 27.7. The van der Waals surface area contributed by atoms with Crippen molar-refractivity contribution >= 4 is 39.5 Å². The Morgan fingerprint density at radius 2 is 0.510 bits per heavy atom. The van der Waals surface area contributed by atoms with Gasteiger partial charge in [0.15, 0.2) is 12.2 Å². The number of hydrogen-bond acceptors (Lipinski definition) is 15. The summed E-state index contributed by atoms with van der Waals surface area (Å²) in [6, 6.07) is 0. The van der Waals surface area contributed by atoms with Gasteiger partial charge in [-0.25, -0.2) is 9.13 Å². The number of aliphatic hydroxyl groups excluding tert-OH is 1. The van der Waals surface area contributed by atoms with E-state index >= 15 is 0 Å². The first-order valence-electron chi connectivity index (χ1n) is 41.2. The van der Waals surface area contributed by atoms with Crippen LogP contribution in [-0.4, -0.2) is 96.7 Å². The van der Waals surface area contributed by atoms with Gasteiger partial charge in [-0.1, -0.05) is 325 Å². The van der Waals surface area contributed by atoms with Crippen molar-refractivity contribution in [2.75, 3.05) is 39.6 Å². The van der Waals surface area contributed by atoms with Crippen LogP contribution in [0.5, 0.6) is 0 Å². The second kappa shape index (κ2) is 75.7. The molecular weight excluding hydrogens is 1330 g/mol. The molecule has 0 fully saturated rings. The van der Waals surface area contributed by atoms with Gasteiger partial charge in [0.25, 0.3) is 0 Å². The quantitative estimate of drug-likeness (QED) is 0.0169. The van der Waals surface area contributed by atoms with E-state index in [4.69, 9.17) is 37.0 Å². The van der Waals surface area contributed by atoms with Gasteiger partial charge in [-0.2, -0.15) is 0 Å². The van der Waals surface area contributed by atoms with E-state index in [1.54, 1.807) is 0 Å². The highest BCUT2D eigenvalue weighted by atomic mass is 31.2. The van der Waals surface area contributed by atoms with Crippen molar-refractivity contribution in [2.45, 2.75) is 393 Å². The lowest BCUT2D eigenvalue weighted by Gasteiger charge is -2.21. The topological polar surface area (TPSA) is 237 Å². The van der Waals surface area contributed by atoms with Gasteiger partial charge in [-0.15, -0.1) is 0 Å². The van der Waals surface area contributed by atoms with Crippen molar-refractivity contribution < 1.29 is 80.2 Å². The zero-order valence-electron chi connectivity index (χ0n) is 65.0. The monoisotopic (exact) mass is 1480 g/mol. The molecule has 594 valence electrons. The molecule has 0 radical (unpaired) electrons. The third-order valence-corrected chi connectivity index (χ3v) is 19.6. The molecule has 17 nitrogen and oxygen atoms in total. The van der Waals surface area contributed by atoms with Crippen molar-refractivity contribution in [2.24, 2.45) is 0 Å². The van der Waals surface area contributed by atoms with Crippen LogP contribution >= 0.6 is 15.6 Å². The minimum absolute atomic E-state index is 0.0596. The van der Waals surface area contributed by atoms with Gasteiger partial charge in [-0.05, 0) is 96.3 Å². The SMILES string of the molecule is CC/C=C\C/C=C\C/C=C\C/C=C\C/C=C\CCCCCC(=O)O[C@H](COC(=O)CCCCCCCCCCCCCCCCC)COP(=O)(O)OC[C@@H](O)COP(=O)(O)OC[C@@H](COC(=O)CCCCCCCCCCCCCCCCC)OC(=O)CCCCCCC/C=C\CCCCCC. The van der Waals surface area contributed by atoms with Crippen LogP contribution < -0.4 is 0 Å². The highest BCUT2D eigenvalue weighted by molar-refractivity contribution is 7.47. The smallest absolute Gasteiger partial charge is 0.462 e. The number of carbonyl (C=O) groups is 4. The number of carbonyl (C=O) groups excluding carboxylic acids is 4. The number of allylic oxidation sites excluding steroid dienone is 12. The average Bonchev–Trinajstić information content (AvgIpc) is 0.908. The first-order valence-corrected chi connectivity index (χ1v) is 44.2. The van der Waals surface area contributed by atoms with Crippen LogP contribution in [0, 0.1) is 0 Å². The fourth-order valence-corrected chi connectivity index (χ4v) is 13.0. The molecular formula is C83H150O17P2. The van der Waals surface area contributed by atoms with E-state index in [1.165, 1.54) is 167 Å². The lowest BCUT2D eigenvalue weighted by molar-refractivity contribution is -0.161. The molecule has 0 aromatic carbocycles. The highest BCUT2D eigenvalue weighted by Crippen LogP contribution is 2.45. The molecule has 0 heterocycles. The van der Waals surface area contributed by atoms with Gasteiger partial charge in [0.2, 0.25) is 0 Å². The molecule has 0 saturated carbocycles. The molecule has 0 aliphatic carbocycles. The maximum atomic E-state index is 13.1. The Morgan fingerprint density at radius 1 is 0.284 bits per heavy atom. The van der Waals surface area contributed by atoms with E-state index in [-0.39, 0.29) is 25.7 Å². The summed E-state index contributed by atoms with van der Waals surface area (Å²) in [5.41, 5.74) is 0. The summed E-state index contributed by atoms with van der Waals surface area (Å²) in [4.78, 5) is 73.0. The minimum atomic E-state index is -4.98. The molecule has 0 saturated heterocycles. The van der Waals surface area contributed by atoms with E-state index in [2.05, 4.69) is 101 Å². The summed E-state index contributed by atoms with van der Waals surface area (Å²) in [7, 11) is -9.96. The molecule has 19 heteroatoms. The van der Waals surface area contributed by atoms with Gasteiger partial charge in [0.1, 0.15) is 19.3 Å². The van der Waals surface area contributed by atoms with Gasteiger partial charge in [0, 0.05) is 25.7 Å². The van der Waals surface area contributed by atoms with Crippen LogP contribution in [-0.2, 0) is 65.4 Å². The van der Waals surface area contributed by atoms with Crippen molar-refractivity contribution in [3.8, 4) is 0 Å². The van der Waals surface area contributed by atoms with Gasteiger partial charge in [-0.3, -0.25) is 37.3 Å². The number of phosphoric acid groups is 2. The van der Waals surface area contributed by atoms with E-state index in [0.29, 0.717) is 25.7 Å². The zero-order valence-corrected chi connectivity index (χ0v) is 66.8. The highest BCUT2D eigenvalue weighted by Gasteiger charge is 2.30. The predicted octanol–water partition coefficient (Wildman–Crippen LogP) is 24.0. The van der Waals surface area contributed by atoms with Crippen molar-refractivity contribution in [1.29, 1.82) is 0 Å². The van der Waals surface area contributed by atoms with Crippen molar-refractivity contribution in [3.63, 3.8) is 0 Å². The number of hydrogen-bond donors (Lipinski definition) is 3. The molecule has 0 amide bonds. The summed E-state index contributed by atoms with van der Waals surface area (Å²) in [5, 5.41) is 10.6. The molecule has 102 heavy (non-hydrogen) atoms. The lowest BCUT2D eigenvalue weighted by atomic mass is 10.0. The van der Waals surface area contributed by atoms with Gasteiger partial charge >= 0.3 is 39.5 Å². The summed E-state index contributed by atoms with van der Waals surface area (Å²) in [6.45, 7) is 4.78. The van der Waals surface area contributed by atoms with Crippen LogP contribution in [0.15, 0.2) is 72.9 Å². The fraction of sp³-hybridized carbons (Fsp3) is 0.807. The standard InChI is InChI=1S/C83H150O17P2/c1-5-9-13-17-21-25-29-33-36-37-38-39-42-46-50-54-58-62-66-70-83(88)100-79(74-94-81(86)68-64-60-56-52-48-45-41-35-31-27-23-19-15-11-7-3)76-98-102(91,92)96-72-77(84)71-95-101(89,90)97-75-78(99-82(87)69-65-61-57-53-49-43-32-28-24-20-16-12-8-4)73-93-80(85)67-63-59-55-51-47-44-40-34-30-26-22-18-14-10-6-2/h9,13,21,25,28,32-33,36,38-39,46,50,77-79,84H,5-8,10-12,14-20,22-24,26-27,29-31,34-35,37,40-45,47-49,51-76H2,1-4H3,(H,89,90)(H,91,92)/b13-9-,25-21-,32-28-,36-33-,39-38-,50-46-/t77-,78+,79+/m0/s1. The molecule has 0 aromatic heterocycles. The first-order chi connectivity index (χ1) is 49.7. The minimum Gasteiger partial charge on any atom is -0.462 e. The van der Waals surface area contributed by atoms with Crippen LogP contribution in [0.4, 0.5) is 0 Å². The first kappa shape index (κ1) is 98.5. The second-order valence-corrected chi connectivity index (χ2v) is 30.6. The number of aliphatic hydroxyl groups is 1. The normalized spacial score (nSPS) is 14.2. The molecule has 0 rings (SSSR count). The van der Waals surface area contributed by atoms with Gasteiger partial charge < -0.3 is 33.8 Å². The van der Waals surface area contributed by atoms with Crippen molar-refractivity contribution in [1.82, 2.24) is 0 Å². The molecule has 5 atom stereocenters. The molecule has 0 aliphatic rings. The third-order valence-electron chi connectivity index (χ3n) is 17.7. The van der Waals surface area contributed by atoms with Crippen LogP contribution in [0.1, 0.15) is 374 Å². The Hall–Kier alpha value is -3.50. The average molecular weight is 1480 g/mol. The number of ether oxygens (including phenoxy) is 4. The van der Waals surface area contributed by atoms with Crippen LogP contribution in [0.3, 0.4) is 0 Å². The van der Waals surface area contributed by atoms with Crippen LogP contribution in [0.25, 0.3) is 0 Å². The van der Waals surface area contributed by atoms with Crippen LogP contribution in [0.2, 0.25) is 0 Å². The number of rotatable bonds is 78. The summed E-state index contributed by atoms with van der Waals surface area (Å²) >= 11 is 0. The maximum Gasteiger partial charge on any atom is 0.472 e. The number of esters is 4. The Balaban J connectivity index is 5.35. The fourth-order valence-electron chi connectivity index (χ4n) is 11.4. The molecule has 2 unspecified atom stereocenters. The number of phosphoric ester groups is 2.